The fourth-order valence-electron chi connectivity index (χ4n) is 1.98. The molecule has 2 aromatic rings. The molecule has 0 fully saturated rings. The molecule has 5 heteroatoms. The van der Waals surface area contributed by atoms with Gasteiger partial charge in [-0.2, -0.15) is 0 Å². The maximum absolute atomic E-state index is 12.9. The number of nitrogens with one attached hydrogen (secondary N) is 1. The molecule has 0 heterocycles. The molecule has 116 valence electrons. The highest BCUT2D eigenvalue weighted by molar-refractivity contribution is 6.32. The van der Waals surface area contributed by atoms with E-state index in [1.54, 1.807) is 24.3 Å². The fourth-order valence-corrected chi connectivity index (χ4v) is 2.15. The molecular weight excluding hydrogens is 305 g/mol. The molecule has 0 aliphatic carbocycles. The number of hydrogen-bond acceptors (Lipinski definition) is 2. The Balaban J connectivity index is 1.90. The average Bonchev–Trinajstić information content (AvgIpc) is 2.49. The molecule has 0 aliphatic rings. The molecule has 3 nitrogen and oxygen atoms in total. The molecule has 1 N–H and O–H groups in total. The minimum Gasteiger partial charge on any atom is -0.482 e. The van der Waals surface area contributed by atoms with E-state index in [4.69, 9.17) is 16.3 Å². The summed E-state index contributed by atoms with van der Waals surface area (Å²) >= 11 is 6.00. The molecule has 0 saturated carbocycles. The second kappa shape index (κ2) is 7.27. The fraction of sp³-hybridized carbons (Fsp3) is 0.235. The van der Waals surface area contributed by atoms with Gasteiger partial charge in [0.15, 0.2) is 6.61 Å². The molecule has 2 rings (SSSR count). The lowest BCUT2D eigenvalue weighted by molar-refractivity contribution is -0.123. The lowest BCUT2D eigenvalue weighted by atomic mass is 10.1. The standard InChI is InChI=1S/C17H17ClFNO2/c1-11-3-8-15(18)16(9-11)22-10-17(21)20-12(2)13-4-6-14(19)7-5-13/h3-9,12H,10H2,1-2H3,(H,20,21)/t12-/m1/s1. The Morgan fingerprint density at radius 3 is 2.64 bits per heavy atom. The van der Waals surface area contributed by atoms with E-state index in [0.717, 1.165) is 11.1 Å². The molecule has 22 heavy (non-hydrogen) atoms. The molecule has 0 spiro atoms. The number of amides is 1. The third kappa shape index (κ3) is 4.46. The van der Waals surface area contributed by atoms with Crippen LogP contribution in [0.5, 0.6) is 5.75 Å². The maximum atomic E-state index is 12.9. The third-order valence-corrected chi connectivity index (χ3v) is 3.51. The van der Waals surface area contributed by atoms with Gasteiger partial charge in [-0.05, 0) is 49.2 Å². The highest BCUT2D eigenvalue weighted by atomic mass is 35.5. The molecule has 0 aromatic heterocycles. The van der Waals surface area contributed by atoms with Crippen molar-refractivity contribution in [1.29, 1.82) is 0 Å². The van der Waals surface area contributed by atoms with Gasteiger partial charge >= 0.3 is 0 Å². The van der Waals surface area contributed by atoms with Gasteiger partial charge in [0.05, 0.1) is 11.1 Å². The van der Waals surface area contributed by atoms with Gasteiger partial charge in [0, 0.05) is 0 Å². The minimum absolute atomic E-state index is 0.130. The zero-order valence-electron chi connectivity index (χ0n) is 12.4. The van der Waals surface area contributed by atoms with Crippen molar-refractivity contribution < 1.29 is 13.9 Å². The van der Waals surface area contributed by atoms with Gasteiger partial charge in [0.25, 0.3) is 5.91 Å². The lowest BCUT2D eigenvalue weighted by Gasteiger charge is -2.15. The Morgan fingerprint density at radius 1 is 1.27 bits per heavy atom. The quantitative estimate of drug-likeness (QED) is 0.902. The smallest absolute Gasteiger partial charge is 0.258 e. The second-order valence-corrected chi connectivity index (χ2v) is 5.47. The van der Waals surface area contributed by atoms with Crippen LogP contribution in [0.25, 0.3) is 0 Å². The normalized spacial score (nSPS) is 11.8. The van der Waals surface area contributed by atoms with Crippen molar-refractivity contribution in [3.8, 4) is 5.75 Å². The van der Waals surface area contributed by atoms with Crippen LogP contribution in [0.4, 0.5) is 4.39 Å². The van der Waals surface area contributed by atoms with Crippen molar-refractivity contribution in [1.82, 2.24) is 5.32 Å². The number of hydrogen-bond donors (Lipinski definition) is 1. The Kier molecular flexibility index (Phi) is 5.39. The number of aryl methyl sites for hydroxylation is 1. The SMILES string of the molecule is Cc1ccc(Cl)c(OCC(=O)N[C@H](C)c2ccc(F)cc2)c1. The molecule has 2 aromatic carbocycles. The van der Waals surface area contributed by atoms with Crippen molar-refractivity contribution in [2.24, 2.45) is 0 Å². The number of benzene rings is 2. The van der Waals surface area contributed by atoms with Crippen molar-refractivity contribution in [2.45, 2.75) is 19.9 Å². The van der Waals surface area contributed by atoms with Crippen LogP contribution in [0.2, 0.25) is 5.02 Å². The first-order chi connectivity index (χ1) is 10.5. The van der Waals surface area contributed by atoms with Crippen LogP contribution < -0.4 is 10.1 Å². The van der Waals surface area contributed by atoms with E-state index in [9.17, 15) is 9.18 Å². The Labute approximate surface area is 134 Å². The third-order valence-electron chi connectivity index (χ3n) is 3.19. The first kappa shape index (κ1) is 16.3. The molecule has 0 unspecified atom stereocenters. The topological polar surface area (TPSA) is 38.3 Å². The van der Waals surface area contributed by atoms with E-state index in [1.165, 1.54) is 12.1 Å². The first-order valence-corrected chi connectivity index (χ1v) is 7.27. The molecular formula is C17H17ClFNO2. The number of ether oxygens (including phenoxy) is 1. The number of halogens is 2. The minimum atomic E-state index is -0.306. The van der Waals surface area contributed by atoms with E-state index in [0.29, 0.717) is 10.8 Å². The monoisotopic (exact) mass is 321 g/mol. The Morgan fingerprint density at radius 2 is 1.95 bits per heavy atom. The summed E-state index contributed by atoms with van der Waals surface area (Å²) in [4.78, 5) is 11.9. The van der Waals surface area contributed by atoms with Crippen LogP contribution in [0.1, 0.15) is 24.1 Å². The van der Waals surface area contributed by atoms with E-state index in [2.05, 4.69) is 5.32 Å². The van der Waals surface area contributed by atoms with Crippen LogP contribution in [0.15, 0.2) is 42.5 Å². The van der Waals surface area contributed by atoms with Crippen LogP contribution in [-0.4, -0.2) is 12.5 Å². The lowest BCUT2D eigenvalue weighted by Crippen LogP contribution is -2.31. The first-order valence-electron chi connectivity index (χ1n) is 6.89. The second-order valence-electron chi connectivity index (χ2n) is 5.06. The molecule has 1 atom stereocenters. The predicted molar refractivity (Wildman–Crippen MR) is 84.6 cm³/mol. The van der Waals surface area contributed by atoms with E-state index in [1.807, 2.05) is 19.9 Å². The number of carbonyl (C=O) groups is 1. The molecule has 0 radical (unpaired) electrons. The summed E-state index contributed by atoms with van der Waals surface area (Å²) < 4.78 is 18.3. The Bertz CT molecular complexity index is 658. The van der Waals surface area contributed by atoms with Gasteiger partial charge in [0.2, 0.25) is 0 Å². The van der Waals surface area contributed by atoms with Crippen LogP contribution in [-0.2, 0) is 4.79 Å². The summed E-state index contributed by atoms with van der Waals surface area (Å²) in [5.74, 6) is -0.0969. The van der Waals surface area contributed by atoms with Crippen LogP contribution in [0, 0.1) is 12.7 Å². The van der Waals surface area contributed by atoms with Crippen molar-refractivity contribution in [2.75, 3.05) is 6.61 Å². The van der Waals surface area contributed by atoms with Gasteiger partial charge in [-0.15, -0.1) is 0 Å². The van der Waals surface area contributed by atoms with Gasteiger partial charge in [-0.3, -0.25) is 4.79 Å². The van der Waals surface area contributed by atoms with Gasteiger partial charge in [-0.1, -0.05) is 29.8 Å². The summed E-state index contributed by atoms with van der Waals surface area (Å²) in [6.07, 6.45) is 0. The van der Waals surface area contributed by atoms with E-state index in [-0.39, 0.29) is 24.4 Å². The summed E-state index contributed by atoms with van der Waals surface area (Å²) in [6.45, 7) is 3.61. The van der Waals surface area contributed by atoms with Crippen LogP contribution >= 0.6 is 11.6 Å². The Hall–Kier alpha value is -2.07. The number of carbonyl (C=O) groups excluding carboxylic acids is 1. The summed E-state index contributed by atoms with van der Waals surface area (Å²) in [5, 5.41) is 3.25. The number of rotatable bonds is 5. The van der Waals surface area contributed by atoms with Crippen molar-refractivity contribution in [3.63, 3.8) is 0 Å². The average molecular weight is 322 g/mol. The van der Waals surface area contributed by atoms with E-state index < -0.39 is 0 Å². The van der Waals surface area contributed by atoms with Gasteiger partial charge < -0.3 is 10.1 Å². The molecule has 1 amide bonds. The van der Waals surface area contributed by atoms with Gasteiger partial charge in [-0.25, -0.2) is 4.39 Å². The summed E-state index contributed by atoms with van der Waals surface area (Å²) in [7, 11) is 0. The summed E-state index contributed by atoms with van der Waals surface area (Å²) in [6, 6.07) is 11.1. The van der Waals surface area contributed by atoms with Gasteiger partial charge in [0.1, 0.15) is 11.6 Å². The highest BCUT2D eigenvalue weighted by Gasteiger charge is 2.11. The molecule has 0 saturated heterocycles. The molecule has 0 bridgehead atoms. The summed E-state index contributed by atoms with van der Waals surface area (Å²) in [5.41, 5.74) is 1.82. The predicted octanol–water partition coefficient (Wildman–Crippen LogP) is 4.04. The zero-order valence-corrected chi connectivity index (χ0v) is 13.2. The zero-order chi connectivity index (χ0) is 16.1. The van der Waals surface area contributed by atoms with Crippen LogP contribution in [0.3, 0.4) is 0 Å². The van der Waals surface area contributed by atoms with Crippen molar-refractivity contribution >= 4 is 17.5 Å². The van der Waals surface area contributed by atoms with E-state index >= 15 is 0 Å². The van der Waals surface area contributed by atoms with Crippen molar-refractivity contribution in [3.05, 3.63) is 64.4 Å². The highest BCUT2D eigenvalue weighted by Crippen LogP contribution is 2.25. The molecule has 0 aliphatic heterocycles. The maximum Gasteiger partial charge on any atom is 0.258 e. The largest absolute Gasteiger partial charge is 0.482 e.